The van der Waals surface area contributed by atoms with Crippen molar-refractivity contribution in [1.82, 2.24) is 9.97 Å². The molecule has 36 heavy (non-hydrogen) atoms. The lowest BCUT2D eigenvalue weighted by Gasteiger charge is -2.50. The molecule has 5 aromatic rings. The molecule has 1 amide bonds. The second-order valence-electron chi connectivity index (χ2n) is 10.4. The third-order valence-electron chi connectivity index (χ3n) is 8.55. The van der Waals surface area contributed by atoms with E-state index >= 15 is 0 Å². The molecule has 2 aliphatic carbocycles. The quantitative estimate of drug-likeness (QED) is 0.298. The second kappa shape index (κ2) is 7.66. The highest BCUT2D eigenvalue weighted by Crippen LogP contribution is 2.68. The van der Waals surface area contributed by atoms with Gasteiger partial charge >= 0.3 is 0 Å². The number of rotatable bonds is 4. The molecule has 0 bridgehead atoms. The minimum absolute atomic E-state index is 0.0140. The number of nitrogens with zero attached hydrogens (tertiary/aromatic N) is 1. The largest absolute Gasteiger partial charge is 0.324 e. The van der Waals surface area contributed by atoms with E-state index in [4.69, 9.17) is 0 Å². The number of hydrogen-bond donors (Lipinski definition) is 2. The first-order valence-corrected chi connectivity index (χ1v) is 12.6. The Bertz CT molecular complexity index is 1650. The van der Waals surface area contributed by atoms with Crippen LogP contribution in [0.15, 0.2) is 97.2 Å². The molecule has 0 aliphatic heterocycles. The molecule has 4 unspecified atom stereocenters. The summed E-state index contributed by atoms with van der Waals surface area (Å²) in [6.45, 7) is 4.39. The molecule has 0 fully saturated rings. The fourth-order valence-corrected chi connectivity index (χ4v) is 7.01. The van der Waals surface area contributed by atoms with Crippen LogP contribution < -0.4 is 5.32 Å². The average molecular weight is 470 g/mol. The van der Waals surface area contributed by atoms with Gasteiger partial charge in [0.05, 0.1) is 11.9 Å². The number of amides is 1. The fraction of sp³-hybridized carbons (Fsp3) is 0.188. The molecule has 1 heterocycles. The van der Waals surface area contributed by atoms with Crippen molar-refractivity contribution >= 4 is 22.6 Å². The lowest BCUT2D eigenvalue weighted by Crippen LogP contribution is -2.45. The summed E-state index contributed by atoms with van der Waals surface area (Å²) < 4.78 is 0. The zero-order chi connectivity index (χ0) is 24.4. The number of carbonyl (C=O) groups excluding carboxylic acids is 1. The molecule has 4 nitrogen and oxygen atoms in total. The summed E-state index contributed by atoms with van der Waals surface area (Å²) in [7, 11) is 0. The van der Waals surface area contributed by atoms with Gasteiger partial charge in [-0.25, -0.2) is 4.98 Å². The summed E-state index contributed by atoms with van der Waals surface area (Å²) in [4.78, 5) is 21.5. The second-order valence-corrected chi connectivity index (χ2v) is 10.4. The Hall–Kier alpha value is -4.18. The molecule has 0 saturated carbocycles. The Morgan fingerprint density at radius 2 is 1.58 bits per heavy atom. The van der Waals surface area contributed by atoms with Crippen LogP contribution in [0.3, 0.4) is 0 Å². The summed E-state index contributed by atoms with van der Waals surface area (Å²) in [6.07, 6.45) is 1.80. The van der Waals surface area contributed by atoms with Crippen molar-refractivity contribution in [3.63, 3.8) is 0 Å². The molecule has 4 heteroatoms. The minimum atomic E-state index is -0.222. The van der Waals surface area contributed by atoms with E-state index in [9.17, 15) is 4.79 Å². The molecular weight excluding hydrogens is 442 g/mol. The van der Waals surface area contributed by atoms with Crippen LogP contribution in [0.25, 0.3) is 22.0 Å². The highest BCUT2D eigenvalue weighted by Gasteiger charge is 2.60. The van der Waals surface area contributed by atoms with E-state index in [1.54, 1.807) is 6.20 Å². The van der Waals surface area contributed by atoms with Gasteiger partial charge in [0.1, 0.15) is 0 Å². The van der Waals surface area contributed by atoms with Gasteiger partial charge < -0.3 is 4.98 Å². The first-order chi connectivity index (χ1) is 17.6. The van der Waals surface area contributed by atoms with Crippen molar-refractivity contribution in [3.8, 4) is 11.3 Å². The number of carbonyl (C=O) groups is 1. The normalized spacial score (nSPS) is 22.3. The van der Waals surface area contributed by atoms with Gasteiger partial charge in [-0.05, 0) is 33.0 Å². The lowest BCUT2D eigenvalue weighted by molar-refractivity contribution is -0.120. The molecule has 1 aromatic heterocycles. The van der Waals surface area contributed by atoms with Crippen molar-refractivity contribution in [2.24, 2.45) is 5.92 Å². The Balaban J connectivity index is 1.20. The number of H-pyrrole nitrogens is 1. The standard InChI is InChI=1S/C32H27N3O/c1-19(28-23-13-5-6-14-24(23)29-25-15-7-8-17-26(25)32(28,29)2)30(36)35-31-33-18-27(34-31)22-16-9-11-20-10-3-4-12-21(20)22/h3-19,28-29H,1-2H3,(H2,33,34,35,36). The maximum absolute atomic E-state index is 13.6. The summed E-state index contributed by atoms with van der Waals surface area (Å²) >= 11 is 0. The molecule has 4 atom stereocenters. The molecule has 0 saturated heterocycles. The smallest absolute Gasteiger partial charge is 0.230 e. The maximum Gasteiger partial charge on any atom is 0.230 e. The van der Waals surface area contributed by atoms with Crippen molar-refractivity contribution in [1.29, 1.82) is 0 Å². The number of aromatic amines is 1. The molecule has 7 rings (SSSR count). The number of hydrogen-bond acceptors (Lipinski definition) is 2. The molecule has 0 radical (unpaired) electrons. The van der Waals surface area contributed by atoms with Crippen LogP contribution in [0, 0.1) is 5.92 Å². The van der Waals surface area contributed by atoms with E-state index in [0.29, 0.717) is 11.9 Å². The molecule has 4 aromatic carbocycles. The van der Waals surface area contributed by atoms with Gasteiger partial charge in [-0.15, -0.1) is 0 Å². The fourth-order valence-electron chi connectivity index (χ4n) is 7.01. The van der Waals surface area contributed by atoms with Crippen LogP contribution in [-0.4, -0.2) is 15.9 Å². The predicted molar refractivity (Wildman–Crippen MR) is 144 cm³/mol. The van der Waals surface area contributed by atoms with Gasteiger partial charge in [-0.3, -0.25) is 10.1 Å². The zero-order valence-corrected chi connectivity index (χ0v) is 20.3. The Kier molecular flexibility index (Phi) is 4.50. The maximum atomic E-state index is 13.6. The molecule has 2 aliphatic rings. The Labute approximate surface area is 210 Å². The van der Waals surface area contributed by atoms with Crippen molar-refractivity contribution in [2.75, 3.05) is 5.32 Å². The van der Waals surface area contributed by atoms with Gasteiger partial charge in [0.25, 0.3) is 0 Å². The number of benzene rings is 4. The average Bonchev–Trinajstić information content (AvgIpc) is 3.45. The SMILES string of the molecule is CC(C(=O)Nc1ncc(-c2cccc3ccccc23)[nH]1)C1c2ccccc2C2c3ccccc3C21C. The summed E-state index contributed by atoms with van der Waals surface area (Å²) in [6, 6.07) is 31.9. The Morgan fingerprint density at radius 1 is 0.889 bits per heavy atom. The highest BCUT2D eigenvalue weighted by molar-refractivity contribution is 5.96. The highest BCUT2D eigenvalue weighted by atomic mass is 16.2. The van der Waals surface area contributed by atoms with Crippen molar-refractivity contribution < 1.29 is 4.79 Å². The van der Waals surface area contributed by atoms with Crippen LogP contribution in [0.5, 0.6) is 0 Å². The van der Waals surface area contributed by atoms with Gasteiger partial charge in [0.15, 0.2) is 0 Å². The third-order valence-corrected chi connectivity index (χ3v) is 8.55. The molecule has 176 valence electrons. The number of aromatic nitrogens is 2. The van der Waals surface area contributed by atoms with Gasteiger partial charge in [0, 0.05) is 28.7 Å². The third kappa shape index (κ3) is 2.81. The zero-order valence-electron chi connectivity index (χ0n) is 20.3. The van der Waals surface area contributed by atoms with E-state index in [-0.39, 0.29) is 23.2 Å². The predicted octanol–water partition coefficient (Wildman–Crippen LogP) is 7.01. The number of fused-ring (bicyclic) bond motifs is 7. The summed E-state index contributed by atoms with van der Waals surface area (Å²) in [5, 5.41) is 5.41. The number of imidazole rings is 1. The van der Waals surface area contributed by atoms with E-state index < -0.39 is 0 Å². The van der Waals surface area contributed by atoms with E-state index in [1.165, 1.54) is 27.6 Å². The first kappa shape index (κ1) is 21.1. The lowest BCUT2D eigenvalue weighted by atomic mass is 9.53. The monoisotopic (exact) mass is 469 g/mol. The van der Waals surface area contributed by atoms with E-state index in [1.807, 2.05) is 18.2 Å². The molecule has 2 N–H and O–H groups in total. The summed E-state index contributed by atoms with van der Waals surface area (Å²) in [5.74, 6) is 0.685. The topological polar surface area (TPSA) is 57.8 Å². The van der Waals surface area contributed by atoms with Crippen LogP contribution in [0.4, 0.5) is 5.95 Å². The van der Waals surface area contributed by atoms with E-state index in [2.05, 4.69) is 102 Å². The van der Waals surface area contributed by atoms with Crippen LogP contribution >= 0.6 is 0 Å². The van der Waals surface area contributed by atoms with Gasteiger partial charge in [-0.2, -0.15) is 0 Å². The minimum Gasteiger partial charge on any atom is -0.324 e. The van der Waals surface area contributed by atoms with Crippen molar-refractivity contribution in [3.05, 3.63) is 119 Å². The first-order valence-electron chi connectivity index (χ1n) is 12.6. The van der Waals surface area contributed by atoms with Crippen molar-refractivity contribution in [2.45, 2.75) is 31.1 Å². The van der Waals surface area contributed by atoms with Gasteiger partial charge in [-0.1, -0.05) is 105 Å². The molecular formula is C32H27N3O. The van der Waals surface area contributed by atoms with Gasteiger partial charge in [0.2, 0.25) is 11.9 Å². The number of nitrogens with one attached hydrogen (secondary N) is 2. The Morgan fingerprint density at radius 3 is 2.44 bits per heavy atom. The van der Waals surface area contributed by atoms with Crippen LogP contribution in [0.2, 0.25) is 0 Å². The van der Waals surface area contributed by atoms with Crippen LogP contribution in [0.1, 0.15) is 47.9 Å². The molecule has 0 spiro atoms. The summed E-state index contributed by atoms with van der Waals surface area (Å²) in [5.41, 5.74) is 7.29. The van der Waals surface area contributed by atoms with E-state index in [0.717, 1.165) is 16.6 Å². The van der Waals surface area contributed by atoms with Crippen LogP contribution in [-0.2, 0) is 10.2 Å². The number of anilines is 1.